The number of hydrogen-bond acceptors (Lipinski definition) is 2. The van der Waals surface area contributed by atoms with E-state index in [1.54, 1.807) is 0 Å². The third-order valence-corrected chi connectivity index (χ3v) is 3.25. The Labute approximate surface area is 106 Å². The van der Waals surface area contributed by atoms with Gasteiger partial charge in [-0.05, 0) is 39.7 Å². The molecular weight excluding hydrogens is 208 g/mol. The molecule has 0 aromatic heterocycles. The van der Waals surface area contributed by atoms with Gasteiger partial charge in [-0.1, -0.05) is 30.3 Å². The SMILES string of the molecule is CC(C)N(CCC(N)c1ccccc1)C(C)C. The number of rotatable bonds is 6. The fraction of sp³-hybridized carbons (Fsp3) is 0.600. The molecule has 17 heavy (non-hydrogen) atoms. The highest BCUT2D eigenvalue weighted by atomic mass is 15.2. The first kappa shape index (κ1) is 14.2. The predicted molar refractivity (Wildman–Crippen MR) is 75.0 cm³/mol. The van der Waals surface area contributed by atoms with Crippen molar-refractivity contribution in [1.82, 2.24) is 4.90 Å². The summed E-state index contributed by atoms with van der Waals surface area (Å²) in [5.74, 6) is 0. The van der Waals surface area contributed by atoms with Gasteiger partial charge in [0, 0.05) is 24.7 Å². The van der Waals surface area contributed by atoms with Crippen molar-refractivity contribution in [2.24, 2.45) is 5.73 Å². The average molecular weight is 234 g/mol. The molecule has 2 nitrogen and oxygen atoms in total. The molecule has 0 fully saturated rings. The van der Waals surface area contributed by atoms with E-state index in [0.717, 1.165) is 13.0 Å². The van der Waals surface area contributed by atoms with E-state index in [1.807, 2.05) is 6.07 Å². The van der Waals surface area contributed by atoms with Crippen molar-refractivity contribution >= 4 is 0 Å². The van der Waals surface area contributed by atoms with Crippen LogP contribution in [0.5, 0.6) is 0 Å². The molecule has 0 saturated carbocycles. The van der Waals surface area contributed by atoms with Gasteiger partial charge in [0.2, 0.25) is 0 Å². The van der Waals surface area contributed by atoms with Crippen LogP contribution in [0.25, 0.3) is 0 Å². The zero-order chi connectivity index (χ0) is 12.8. The van der Waals surface area contributed by atoms with Crippen molar-refractivity contribution in [3.05, 3.63) is 35.9 Å². The molecule has 0 aliphatic heterocycles. The van der Waals surface area contributed by atoms with Crippen molar-refractivity contribution in [1.29, 1.82) is 0 Å². The van der Waals surface area contributed by atoms with Gasteiger partial charge in [0.1, 0.15) is 0 Å². The largest absolute Gasteiger partial charge is 0.324 e. The van der Waals surface area contributed by atoms with Gasteiger partial charge in [0.25, 0.3) is 0 Å². The van der Waals surface area contributed by atoms with Gasteiger partial charge in [-0.3, -0.25) is 4.90 Å². The summed E-state index contributed by atoms with van der Waals surface area (Å²) in [5, 5.41) is 0. The van der Waals surface area contributed by atoms with Crippen LogP contribution in [0.4, 0.5) is 0 Å². The third-order valence-electron chi connectivity index (χ3n) is 3.25. The minimum Gasteiger partial charge on any atom is -0.324 e. The molecule has 0 aliphatic carbocycles. The molecule has 1 unspecified atom stereocenters. The molecule has 0 radical (unpaired) electrons. The molecule has 0 bridgehead atoms. The van der Waals surface area contributed by atoms with Crippen LogP contribution in [0.15, 0.2) is 30.3 Å². The molecule has 1 atom stereocenters. The standard InChI is InChI=1S/C15H26N2/c1-12(2)17(13(3)4)11-10-15(16)14-8-6-5-7-9-14/h5-9,12-13,15H,10-11,16H2,1-4H3. The average Bonchev–Trinajstić information content (AvgIpc) is 2.29. The van der Waals surface area contributed by atoms with Crippen molar-refractivity contribution in [3.8, 4) is 0 Å². The first-order valence-electron chi connectivity index (χ1n) is 6.58. The maximum absolute atomic E-state index is 6.22. The Bertz CT molecular complexity index is 298. The number of hydrogen-bond donors (Lipinski definition) is 1. The van der Waals surface area contributed by atoms with Crippen molar-refractivity contribution in [3.63, 3.8) is 0 Å². The summed E-state index contributed by atoms with van der Waals surface area (Å²) in [6.45, 7) is 10.0. The molecule has 96 valence electrons. The van der Waals surface area contributed by atoms with E-state index in [-0.39, 0.29) is 6.04 Å². The Morgan fingerprint density at radius 2 is 1.53 bits per heavy atom. The summed E-state index contributed by atoms with van der Waals surface area (Å²) in [6, 6.07) is 11.7. The summed E-state index contributed by atoms with van der Waals surface area (Å²) in [6.07, 6.45) is 1.01. The predicted octanol–water partition coefficient (Wildman–Crippen LogP) is 3.20. The van der Waals surface area contributed by atoms with Gasteiger partial charge in [-0.25, -0.2) is 0 Å². The highest BCUT2D eigenvalue weighted by molar-refractivity contribution is 5.18. The number of nitrogens with two attached hydrogens (primary N) is 1. The first-order valence-corrected chi connectivity index (χ1v) is 6.58. The Kier molecular flexibility index (Phi) is 5.66. The topological polar surface area (TPSA) is 29.3 Å². The van der Waals surface area contributed by atoms with Gasteiger partial charge < -0.3 is 5.73 Å². The van der Waals surface area contributed by atoms with Crippen LogP contribution in [0.1, 0.15) is 45.7 Å². The van der Waals surface area contributed by atoms with E-state index < -0.39 is 0 Å². The molecule has 0 aliphatic rings. The van der Waals surface area contributed by atoms with Gasteiger partial charge in [0.05, 0.1) is 0 Å². The van der Waals surface area contributed by atoms with E-state index in [0.29, 0.717) is 12.1 Å². The summed E-state index contributed by atoms with van der Waals surface area (Å²) >= 11 is 0. The van der Waals surface area contributed by atoms with Crippen molar-refractivity contribution in [2.45, 2.75) is 52.2 Å². The van der Waals surface area contributed by atoms with Gasteiger partial charge in [-0.2, -0.15) is 0 Å². The molecule has 0 saturated heterocycles. The number of nitrogens with zero attached hydrogens (tertiary/aromatic N) is 1. The quantitative estimate of drug-likeness (QED) is 0.819. The lowest BCUT2D eigenvalue weighted by Crippen LogP contribution is -2.38. The van der Waals surface area contributed by atoms with E-state index >= 15 is 0 Å². The van der Waals surface area contributed by atoms with Gasteiger partial charge >= 0.3 is 0 Å². The molecule has 1 aromatic rings. The Morgan fingerprint density at radius 1 is 1.00 bits per heavy atom. The first-order chi connectivity index (χ1) is 8.02. The van der Waals surface area contributed by atoms with E-state index in [4.69, 9.17) is 5.73 Å². The third kappa shape index (κ3) is 4.49. The zero-order valence-electron chi connectivity index (χ0n) is 11.6. The maximum Gasteiger partial charge on any atom is 0.0307 e. The van der Waals surface area contributed by atoms with Gasteiger partial charge in [0.15, 0.2) is 0 Å². The second-order valence-corrected chi connectivity index (χ2v) is 5.23. The maximum atomic E-state index is 6.22. The summed E-state index contributed by atoms with van der Waals surface area (Å²) < 4.78 is 0. The lowest BCUT2D eigenvalue weighted by atomic mass is 10.0. The van der Waals surface area contributed by atoms with Crippen LogP contribution in [0, 0.1) is 0 Å². The van der Waals surface area contributed by atoms with Crippen LogP contribution < -0.4 is 5.73 Å². The highest BCUT2D eigenvalue weighted by Crippen LogP contribution is 2.15. The summed E-state index contributed by atoms with van der Waals surface area (Å²) in [7, 11) is 0. The second kappa shape index (κ2) is 6.77. The normalized spacial score (nSPS) is 13.6. The molecule has 0 spiro atoms. The van der Waals surface area contributed by atoms with Crippen LogP contribution in [0.2, 0.25) is 0 Å². The fourth-order valence-electron chi connectivity index (χ4n) is 2.27. The Balaban J connectivity index is 2.50. The summed E-state index contributed by atoms with van der Waals surface area (Å²) in [5.41, 5.74) is 7.45. The molecule has 0 amide bonds. The van der Waals surface area contributed by atoms with Crippen LogP contribution in [0.3, 0.4) is 0 Å². The lowest BCUT2D eigenvalue weighted by Gasteiger charge is -2.31. The molecule has 0 heterocycles. The molecule has 1 aromatic carbocycles. The van der Waals surface area contributed by atoms with Crippen LogP contribution in [-0.2, 0) is 0 Å². The number of benzene rings is 1. The minimum absolute atomic E-state index is 0.149. The molecule has 1 rings (SSSR count). The highest BCUT2D eigenvalue weighted by Gasteiger charge is 2.15. The zero-order valence-corrected chi connectivity index (χ0v) is 11.6. The van der Waals surface area contributed by atoms with E-state index in [2.05, 4.69) is 56.9 Å². The Hall–Kier alpha value is -0.860. The summed E-state index contributed by atoms with van der Waals surface area (Å²) in [4.78, 5) is 2.49. The van der Waals surface area contributed by atoms with Crippen LogP contribution >= 0.6 is 0 Å². The van der Waals surface area contributed by atoms with Crippen molar-refractivity contribution < 1.29 is 0 Å². The monoisotopic (exact) mass is 234 g/mol. The smallest absolute Gasteiger partial charge is 0.0307 e. The van der Waals surface area contributed by atoms with E-state index in [1.165, 1.54) is 5.56 Å². The second-order valence-electron chi connectivity index (χ2n) is 5.23. The van der Waals surface area contributed by atoms with Gasteiger partial charge in [-0.15, -0.1) is 0 Å². The van der Waals surface area contributed by atoms with E-state index in [9.17, 15) is 0 Å². The van der Waals surface area contributed by atoms with Crippen LogP contribution in [-0.4, -0.2) is 23.5 Å². The minimum atomic E-state index is 0.149. The molecule has 2 heteroatoms. The fourth-order valence-corrected chi connectivity index (χ4v) is 2.27. The van der Waals surface area contributed by atoms with Crippen molar-refractivity contribution in [2.75, 3.05) is 6.54 Å². The molecule has 2 N–H and O–H groups in total. The molecular formula is C15H26N2. The Morgan fingerprint density at radius 3 is 2.00 bits per heavy atom. The lowest BCUT2D eigenvalue weighted by molar-refractivity contribution is 0.169.